The Bertz CT molecular complexity index is 8370. The minimum atomic E-state index is 0.0670. The molecule has 0 aliphatic carbocycles. The van der Waals surface area contributed by atoms with Gasteiger partial charge in [0.05, 0.1) is 88.9 Å². The molecule has 0 bridgehead atoms. The van der Waals surface area contributed by atoms with Crippen LogP contribution >= 0.6 is 0 Å². The fourth-order valence-corrected chi connectivity index (χ4v) is 22.0. The van der Waals surface area contributed by atoms with Gasteiger partial charge in [-0.15, -0.1) is 0 Å². The normalized spacial score (nSPS) is 12.5. The summed E-state index contributed by atoms with van der Waals surface area (Å²) < 4.78 is 10.2. The van der Waals surface area contributed by atoms with Crippen molar-refractivity contribution >= 4 is 221 Å². The summed E-state index contributed by atoms with van der Waals surface area (Å²) in [7, 11) is 0. The van der Waals surface area contributed by atoms with E-state index in [1.807, 2.05) is 0 Å². The molecule has 0 saturated heterocycles. The van der Waals surface area contributed by atoms with Gasteiger partial charge in [-0.05, 0) is 215 Å². The van der Waals surface area contributed by atoms with Crippen molar-refractivity contribution in [2.24, 2.45) is 0 Å². The molecule has 130 heavy (non-hydrogen) atoms. The number of benzene rings is 18. The van der Waals surface area contributed by atoms with Crippen molar-refractivity contribution in [3.05, 3.63) is 411 Å². The molecular weight excluding hydrogens is 1580 g/mol. The van der Waals surface area contributed by atoms with E-state index < -0.39 is 0 Å². The predicted molar refractivity (Wildman–Crippen MR) is 556 cm³/mol. The molecule has 18 aromatic carbocycles. The Balaban J connectivity index is 0.000000140. The topological polar surface area (TPSA) is 30.6 Å². The second-order valence-corrected chi connectivity index (χ2v) is 38.4. The van der Waals surface area contributed by atoms with Gasteiger partial charge in [-0.3, -0.25) is 0 Å². The van der Waals surface area contributed by atoms with E-state index in [2.05, 4.69) is 495 Å². The summed E-state index contributed by atoms with van der Waals surface area (Å²) in [6.45, 7) is 22.7. The van der Waals surface area contributed by atoms with Crippen LogP contribution in [0.5, 0.6) is 0 Å². The van der Waals surface area contributed by atoms with E-state index in [1.165, 1.54) is 197 Å². The van der Waals surface area contributed by atoms with Gasteiger partial charge in [-0.2, -0.15) is 0 Å². The monoisotopic (exact) mass is 1670 g/mol. The third-order valence-corrected chi connectivity index (χ3v) is 28.2. The van der Waals surface area contributed by atoms with E-state index in [9.17, 15) is 0 Å². The number of nitrogens with zero attached hydrogens (tertiary/aromatic N) is 8. The van der Waals surface area contributed by atoms with Crippen LogP contribution < -0.4 is 19.6 Å². The summed E-state index contributed by atoms with van der Waals surface area (Å²) in [5.74, 6) is 0.932. The van der Waals surface area contributed by atoms with Gasteiger partial charge < -0.3 is 37.2 Å². The van der Waals surface area contributed by atoms with Gasteiger partial charge in [-0.25, -0.2) is 0 Å². The van der Waals surface area contributed by atoms with Crippen LogP contribution in [0.25, 0.3) is 152 Å². The van der Waals surface area contributed by atoms with Crippen LogP contribution in [0.3, 0.4) is 0 Å². The van der Waals surface area contributed by atoms with Crippen molar-refractivity contribution in [3.63, 3.8) is 0 Å². The highest BCUT2D eigenvalue weighted by Gasteiger charge is 2.32. The molecule has 0 aliphatic rings. The zero-order chi connectivity index (χ0) is 87.4. The first-order valence-corrected chi connectivity index (χ1v) is 45.9. The van der Waals surface area contributed by atoms with Crippen molar-refractivity contribution in [2.45, 2.75) is 91.9 Å². The van der Waals surface area contributed by atoms with Gasteiger partial charge in [0.25, 0.3) is 0 Å². The maximum absolute atomic E-state index is 2.54. The Morgan fingerprint density at radius 1 is 0.185 bits per heavy atom. The average Bonchev–Trinajstić information content (AvgIpc) is 1.52. The van der Waals surface area contributed by atoms with Crippen LogP contribution in [0.15, 0.2) is 388 Å². The lowest BCUT2D eigenvalue weighted by Gasteiger charge is -2.27. The van der Waals surface area contributed by atoms with E-state index in [0.717, 1.165) is 45.5 Å². The van der Waals surface area contributed by atoms with E-state index in [-0.39, 0.29) is 10.8 Å². The van der Waals surface area contributed by atoms with Gasteiger partial charge in [0.15, 0.2) is 0 Å². The second-order valence-electron chi connectivity index (χ2n) is 38.4. The zero-order valence-electron chi connectivity index (χ0n) is 74.7. The van der Waals surface area contributed by atoms with Crippen molar-refractivity contribution < 1.29 is 0 Å². The van der Waals surface area contributed by atoms with E-state index in [1.54, 1.807) is 0 Å². The Morgan fingerprint density at radius 2 is 0.385 bits per heavy atom. The molecule has 8 nitrogen and oxygen atoms in total. The molecule has 8 aromatic heterocycles. The molecule has 26 rings (SSSR count). The Kier molecular flexibility index (Phi) is 17.1. The number of fused-ring (bicyclic) bond motifs is 24. The highest BCUT2D eigenvalue weighted by molar-refractivity contribution is 6.34. The third kappa shape index (κ3) is 11.5. The van der Waals surface area contributed by atoms with Crippen LogP contribution in [0.2, 0.25) is 0 Å². The minimum Gasteiger partial charge on any atom is -0.310 e. The molecule has 26 aromatic rings. The van der Waals surface area contributed by atoms with Crippen molar-refractivity contribution in [3.8, 4) is 0 Å². The van der Waals surface area contributed by atoms with Crippen molar-refractivity contribution in [1.82, 2.24) is 17.6 Å². The molecule has 624 valence electrons. The van der Waals surface area contributed by atoms with Gasteiger partial charge in [0, 0.05) is 132 Å². The van der Waals surface area contributed by atoms with Crippen LogP contribution in [0.1, 0.15) is 103 Å². The maximum atomic E-state index is 2.54. The summed E-state index contributed by atoms with van der Waals surface area (Å²) in [5.41, 5.74) is 34.1. The number of hydrogen-bond donors (Lipinski definition) is 0. The fraction of sp³-hybridized carbons (Fsp3) is 0.115. The van der Waals surface area contributed by atoms with E-state index in [0.29, 0.717) is 11.8 Å². The first-order valence-electron chi connectivity index (χ1n) is 45.9. The largest absolute Gasteiger partial charge is 0.310 e. The summed E-state index contributed by atoms with van der Waals surface area (Å²) in [6.07, 6.45) is 0. The van der Waals surface area contributed by atoms with Gasteiger partial charge >= 0.3 is 0 Å². The molecular formula is C122H96N8. The van der Waals surface area contributed by atoms with Crippen LogP contribution in [-0.2, 0) is 10.8 Å². The van der Waals surface area contributed by atoms with E-state index in [4.69, 9.17) is 0 Å². The highest BCUT2D eigenvalue weighted by Crippen LogP contribution is 2.55. The SMILES string of the molecule is CC(C)(C)c1ccc(N(c2ccccc2)c2cccc3c2c2cccc4c5cc6c(cc5n3c42)c2cccc3c4c(N(c5ccccc5)c5ccc(C(C)(C)C)cc5)cccc4n6c23)cc1.CC(C)c1ccc(N(c2ccccc2)c2cccc3c2c2cccc4c5cc6c(cc5n3c42)c2cccc3c4c(N(c5ccccc5)c5ccc(C(C)C)cc5)cccc4n6c23)cc1. The molecule has 0 N–H and O–H groups in total. The lowest BCUT2D eigenvalue weighted by Crippen LogP contribution is -2.13. The second kappa shape index (κ2) is 28.9. The highest BCUT2D eigenvalue weighted by atomic mass is 15.2. The molecule has 8 heterocycles. The Morgan fingerprint density at radius 3 is 0.600 bits per heavy atom. The molecule has 0 aliphatic heterocycles. The first-order chi connectivity index (χ1) is 63.5. The standard InChI is InChI=1S/C62H50N4.C60H46N4/c1-61(2,3)39-29-33-43(34-30-39)63(41-17-9-7-10-18-41)51-25-15-27-53-57(51)47-23-13-21-45-49-38-56-50(37-55(49)65(53)59(45)47)46-22-14-24-48-58-52(26-16-28-54(58)66(56)60(46)48)64(42-19-11-8-12-20-42)44-35-31-40(32-36-44)62(4,5)6;1-37(2)39-27-31-43(32-28-39)61(41-15-7-5-8-16-41)51-23-13-25-53-57(51)47-21-11-19-45-49-36-56-50(35-55(49)63(53)59(45)47)46-20-12-22-48-58-52(24-14-26-54(58)64(56)60(46)48)62(42-17-9-6-10-18-42)44-33-29-40(30-34-44)38(3)4/h7-38H,1-6H3;5-38H,1-4H3. The van der Waals surface area contributed by atoms with Gasteiger partial charge in [-0.1, -0.05) is 288 Å². The number of anilines is 12. The summed E-state index contributed by atoms with van der Waals surface area (Å²) in [4.78, 5) is 9.73. The third-order valence-electron chi connectivity index (χ3n) is 28.2. The average molecular weight is 1670 g/mol. The van der Waals surface area contributed by atoms with Crippen LogP contribution in [0, 0.1) is 0 Å². The van der Waals surface area contributed by atoms with Crippen LogP contribution in [-0.4, -0.2) is 17.6 Å². The molecule has 8 heteroatoms. The molecule has 0 fully saturated rings. The Labute approximate surface area is 755 Å². The molecule has 0 amide bonds. The van der Waals surface area contributed by atoms with Crippen molar-refractivity contribution in [2.75, 3.05) is 19.6 Å². The summed E-state index contributed by atoms with van der Waals surface area (Å²) >= 11 is 0. The number of para-hydroxylation sites is 8. The van der Waals surface area contributed by atoms with Gasteiger partial charge in [0.1, 0.15) is 0 Å². The fourth-order valence-electron chi connectivity index (χ4n) is 22.0. The summed E-state index contributed by atoms with van der Waals surface area (Å²) in [5, 5.41) is 20.2. The Hall–Kier alpha value is -15.6. The quantitative estimate of drug-likeness (QED) is 0.109. The molecule has 0 unspecified atom stereocenters. The maximum Gasteiger partial charge on any atom is 0.0621 e. The molecule has 0 atom stereocenters. The lowest BCUT2D eigenvalue weighted by atomic mass is 9.87. The number of hydrogen-bond acceptors (Lipinski definition) is 4. The molecule has 0 radical (unpaired) electrons. The lowest BCUT2D eigenvalue weighted by molar-refractivity contribution is 0.590. The first kappa shape index (κ1) is 76.8. The predicted octanol–water partition coefficient (Wildman–Crippen LogP) is 34.7. The molecule has 0 spiro atoms. The van der Waals surface area contributed by atoms with Gasteiger partial charge in [0.2, 0.25) is 0 Å². The smallest absolute Gasteiger partial charge is 0.0621 e. The zero-order valence-corrected chi connectivity index (χ0v) is 74.7. The minimum absolute atomic E-state index is 0.0670. The van der Waals surface area contributed by atoms with Crippen LogP contribution in [0.4, 0.5) is 68.2 Å². The summed E-state index contributed by atoms with van der Waals surface area (Å²) in [6, 6.07) is 145. The number of aromatic nitrogens is 4. The number of rotatable bonds is 14. The van der Waals surface area contributed by atoms with Crippen molar-refractivity contribution in [1.29, 1.82) is 0 Å². The molecule has 0 saturated carbocycles. The van der Waals surface area contributed by atoms with E-state index >= 15 is 0 Å².